The number of hydrogen-bond donors (Lipinski definition) is 2. The Balaban J connectivity index is 1.69. The minimum absolute atomic E-state index is 0.0887. The number of carbonyl (C=O) groups excluding carboxylic acids is 1. The van der Waals surface area contributed by atoms with Crippen LogP contribution < -0.4 is 5.32 Å². The maximum atomic E-state index is 13.6. The molecule has 0 atom stereocenters. The van der Waals surface area contributed by atoms with Crippen LogP contribution in [0.2, 0.25) is 0 Å². The van der Waals surface area contributed by atoms with Crippen molar-refractivity contribution in [1.82, 2.24) is 4.57 Å². The zero-order valence-corrected chi connectivity index (χ0v) is 19.9. The summed E-state index contributed by atoms with van der Waals surface area (Å²) in [5.41, 5.74) is 4.68. The molecule has 0 saturated carbocycles. The summed E-state index contributed by atoms with van der Waals surface area (Å²) < 4.78 is 38.9. The molecule has 3 aromatic rings. The second-order valence-electron chi connectivity index (χ2n) is 8.34. The van der Waals surface area contributed by atoms with Crippen molar-refractivity contribution < 1.29 is 22.7 Å². The van der Waals surface area contributed by atoms with Gasteiger partial charge in [-0.3, -0.25) is 4.79 Å². The van der Waals surface area contributed by atoms with E-state index in [1.807, 2.05) is 42.7 Å². The van der Waals surface area contributed by atoms with Gasteiger partial charge in [-0.2, -0.15) is 0 Å². The fourth-order valence-corrected chi connectivity index (χ4v) is 4.85. The molecule has 0 spiro atoms. The summed E-state index contributed by atoms with van der Waals surface area (Å²) in [5.74, 6) is -0.765. The molecule has 6 nitrogen and oxygen atoms in total. The maximum absolute atomic E-state index is 13.6. The first-order valence-corrected chi connectivity index (χ1v) is 12.6. The van der Waals surface area contributed by atoms with E-state index in [2.05, 4.69) is 5.32 Å². The number of carbonyl (C=O) groups is 1. The van der Waals surface area contributed by atoms with Crippen molar-refractivity contribution in [3.05, 3.63) is 94.8 Å². The molecule has 0 fully saturated rings. The molecule has 4 rings (SSSR count). The topological polar surface area (TPSA) is 88.4 Å². The number of nitrogens with one attached hydrogen (secondary N) is 1. The lowest BCUT2D eigenvalue weighted by atomic mass is 9.94. The summed E-state index contributed by atoms with van der Waals surface area (Å²) in [6.45, 7) is 3.72. The molecular formula is C26H25FN2O4S. The molecule has 1 aromatic heterocycles. The van der Waals surface area contributed by atoms with Gasteiger partial charge in [-0.15, -0.1) is 0 Å². The smallest absolute Gasteiger partial charge is 0.257 e. The number of halogens is 1. The molecule has 0 radical (unpaired) electrons. The van der Waals surface area contributed by atoms with E-state index in [9.17, 15) is 22.7 Å². The van der Waals surface area contributed by atoms with Gasteiger partial charge in [0.25, 0.3) is 5.91 Å². The van der Waals surface area contributed by atoms with Crippen molar-refractivity contribution in [3.8, 4) is 5.69 Å². The number of anilines is 1. The van der Waals surface area contributed by atoms with Gasteiger partial charge in [0.2, 0.25) is 0 Å². The van der Waals surface area contributed by atoms with E-state index in [4.69, 9.17) is 0 Å². The van der Waals surface area contributed by atoms with Crippen LogP contribution >= 0.6 is 0 Å². The third kappa shape index (κ3) is 4.54. The lowest BCUT2D eigenvalue weighted by molar-refractivity contribution is 0.102. The second-order valence-corrected chi connectivity index (χ2v) is 10.4. The van der Waals surface area contributed by atoms with Gasteiger partial charge in [0.05, 0.1) is 16.1 Å². The second kappa shape index (κ2) is 8.95. The Hall–Kier alpha value is -3.65. The average molecular weight is 481 g/mol. The Bertz CT molecular complexity index is 1450. The summed E-state index contributed by atoms with van der Waals surface area (Å²) in [6, 6.07) is 15.3. The molecule has 0 aliphatic heterocycles. The quantitative estimate of drug-likeness (QED) is 0.493. The molecule has 2 aromatic carbocycles. The van der Waals surface area contributed by atoms with Crippen LogP contribution in [-0.2, 0) is 9.84 Å². The normalized spacial score (nSPS) is 14.2. The van der Waals surface area contributed by atoms with Crippen LogP contribution in [0.25, 0.3) is 11.3 Å². The number of para-hydroxylation sites is 1. The molecule has 8 heteroatoms. The SMILES string of the molecule is Cc1cc(C(=O)Nc2ccc(S(C)(=O)=O)cc2)c(C)n1-c1ccccc1C1=C(O)C=C(F)CC1. The molecule has 0 unspecified atom stereocenters. The summed E-state index contributed by atoms with van der Waals surface area (Å²) in [4.78, 5) is 13.2. The van der Waals surface area contributed by atoms with E-state index in [1.165, 1.54) is 12.1 Å². The van der Waals surface area contributed by atoms with Gasteiger partial charge in [-0.05, 0) is 56.7 Å². The number of allylic oxidation sites excluding steroid dienone is 3. The first kappa shape index (κ1) is 23.5. The van der Waals surface area contributed by atoms with E-state index in [0.29, 0.717) is 28.9 Å². The molecule has 1 aliphatic rings. The number of aryl methyl sites for hydroxylation is 1. The molecule has 1 aliphatic carbocycles. The van der Waals surface area contributed by atoms with Crippen molar-refractivity contribution in [2.24, 2.45) is 0 Å². The summed E-state index contributed by atoms with van der Waals surface area (Å²) in [7, 11) is -3.32. The first-order chi connectivity index (χ1) is 16.1. The minimum atomic E-state index is -3.32. The summed E-state index contributed by atoms with van der Waals surface area (Å²) in [6.07, 6.45) is 2.88. The van der Waals surface area contributed by atoms with Crippen molar-refractivity contribution in [2.75, 3.05) is 11.6 Å². The molecule has 34 heavy (non-hydrogen) atoms. The Morgan fingerprint density at radius 1 is 1.06 bits per heavy atom. The Morgan fingerprint density at radius 3 is 2.38 bits per heavy atom. The van der Waals surface area contributed by atoms with Crippen molar-refractivity contribution >= 4 is 27.0 Å². The predicted molar refractivity (Wildman–Crippen MR) is 131 cm³/mol. The first-order valence-electron chi connectivity index (χ1n) is 10.7. The number of aromatic nitrogens is 1. The van der Waals surface area contributed by atoms with E-state index >= 15 is 0 Å². The largest absolute Gasteiger partial charge is 0.508 e. The van der Waals surface area contributed by atoms with Gasteiger partial charge < -0.3 is 15.0 Å². The van der Waals surface area contributed by atoms with Crippen LogP contribution in [0.3, 0.4) is 0 Å². The van der Waals surface area contributed by atoms with E-state index < -0.39 is 9.84 Å². The summed E-state index contributed by atoms with van der Waals surface area (Å²) >= 11 is 0. The minimum Gasteiger partial charge on any atom is -0.508 e. The third-order valence-corrected chi connectivity index (χ3v) is 7.03. The monoisotopic (exact) mass is 480 g/mol. The fraction of sp³-hybridized carbons (Fsp3) is 0.192. The van der Waals surface area contributed by atoms with E-state index in [1.54, 1.807) is 18.2 Å². The lowest BCUT2D eigenvalue weighted by Crippen LogP contribution is -2.13. The van der Waals surface area contributed by atoms with Gasteiger partial charge >= 0.3 is 0 Å². The van der Waals surface area contributed by atoms with Crippen LogP contribution in [0, 0.1) is 13.8 Å². The van der Waals surface area contributed by atoms with Gasteiger partial charge in [-0.1, -0.05) is 18.2 Å². The highest BCUT2D eigenvalue weighted by molar-refractivity contribution is 7.90. The number of sulfone groups is 1. The highest BCUT2D eigenvalue weighted by Gasteiger charge is 2.22. The Kier molecular flexibility index (Phi) is 6.18. The van der Waals surface area contributed by atoms with Crippen LogP contribution in [0.5, 0.6) is 0 Å². The molecule has 176 valence electrons. The highest BCUT2D eigenvalue weighted by atomic mass is 32.2. The van der Waals surface area contributed by atoms with Gasteiger partial charge in [0, 0.05) is 47.0 Å². The standard InChI is InChI=1S/C26H25FN2O4S/c1-16-14-23(26(31)28-19-9-11-20(12-10-19)34(3,32)33)17(2)29(16)24-7-5-4-6-21(24)22-13-8-18(27)15-25(22)30/h4-7,9-12,14-15,30H,8,13H2,1-3H3,(H,28,31). The lowest BCUT2D eigenvalue weighted by Gasteiger charge is -2.19. The third-order valence-electron chi connectivity index (χ3n) is 5.90. The maximum Gasteiger partial charge on any atom is 0.257 e. The van der Waals surface area contributed by atoms with Gasteiger partial charge in [0.1, 0.15) is 11.6 Å². The van der Waals surface area contributed by atoms with E-state index in [-0.39, 0.29) is 28.8 Å². The zero-order chi connectivity index (χ0) is 24.6. The number of nitrogens with zero attached hydrogens (tertiary/aromatic N) is 1. The van der Waals surface area contributed by atoms with E-state index in [0.717, 1.165) is 29.3 Å². The average Bonchev–Trinajstić information content (AvgIpc) is 3.07. The number of aliphatic hydroxyl groups excluding tert-OH is 1. The number of rotatable bonds is 5. The van der Waals surface area contributed by atoms with Gasteiger partial charge in [-0.25, -0.2) is 12.8 Å². The van der Waals surface area contributed by atoms with Gasteiger partial charge in [0.15, 0.2) is 9.84 Å². The molecule has 0 bridgehead atoms. The molecule has 1 amide bonds. The van der Waals surface area contributed by atoms with Crippen LogP contribution in [-0.4, -0.2) is 30.3 Å². The van der Waals surface area contributed by atoms with Crippen molar-refractivity contribution in [1.29, 1.82) is 0 Å². The highest BCUT2D eigenvalue weighted by Crippen LogP contribution is 2.35. The number of aliphatic hydroxyl groups is 1. The van der Waals surface area contributed by atoms with Crippen LogP contribution in [0.4, 0.5) is 10.1 Å². The molecule has 1 heterocycles. The predicted octanol–water partition coefficient (Wildman–Crippen LogP) is 5.67. The number of benzene rings is 2. The number of hydrogen-bond acceptors (Lipinski definition) is 4. The molecular weight excluding hydrogens is 455 g/mol. The van der Waals surface area contributed by atoms with Crippen LogP contribution in [0.15, 0.2) is 77.2 Å². The fourth-order valence-electron chi connectivity index (χ4n) is 4.22. The molecule has 0 saturated heterocycles. The summed E-state index contributed by atoms with van der Waals surface area (Å²) in [5, 5.41) is 13.2. The zero-order valence-electron chi connectivity index (χ0n) is 19.1. The van der Waals surface area contributed by atoms with Crippen molar-refractivity contribution in [3.63, 3.8) is 0 Å². The Labute approximate surface area is 198 Å². The van der Waals surface area contributed by atoms with Crippen molar-refractivity contribution in [2.45, 2.75) is 31.6 Å². The molecule has 2 N–H and O–H groups in total. The Morgan fingerprint density at radius 2 is 1.74 bits per heavy atom. The number of amides is 1. The van der Waals surface area contributed by atoms with Crippen LogP contribution in [0.1, 0.15) is 40.2 Å².